The highest BCUT2D eigenvalue weighted by Gasteiger charge is 2.14. The van der Waals surface area contributed by atoms with Gasteiger partial charge in [-0.3, -0.25) is 4.57 Å². The number of nitrogens with two attached hydrogens (primary N) is 1. The molecular weight excluding hydrogens is 260 g/mol. The molecule has 0 saturated heterocycles. The molecule has 19 heavy (non-hydrogen) atoms. The molecule has 0 aliphatic heterocycles. The van der Waals surface area contributed by atoms with Crippen molar-refractivity contribution in [2.24, 2.45) is 5.73 Å². The molecule has 0 spiro atoms. The van der Waals surface area contributed by atoms with Crippen molar-refractivity contribution >= 4 is 11.8 Å². The molecule has 0 saturated carbocycles. The van der Waals surface area contributed by atoms with Gasteiger partial charge in [-0.1, -0.05) is 17.7 Å². The van der Waals surface area contributed by atoms with Crippen molar-refractivity contribution < 1.29 is 0 Å². The van der Waals surface area contributed by atoms with Gasteiger partial charge < -0.3 is 5.73 Å². The topological polar surface area (TPSA) is 76.7 Å². The van der Waals surface area contributed by atoms with Gasteiger partial charge >= 0.3 is 5.69 Å². The summed E-state index contributed by atoms with van der Waals surface area (Å²) in [6.45, 7) is 6.42. The molecule has 0 unspecified atom stereocenters. The van der Waals surface area contributed by atoms with Gasteiger partial charge in [0.1, 0.15) is 0 Å². The maximum Gasteiger partial charge on any atom is 0.344 e. The van der Waals surface area contributed by atoms with E-state index in [1.165, 1.54) is 17.3 Å². The normalized spacial score (nSPS) is 11.2. The smallest absolute Gasteiger partial charge is 0.326 e. The number of aryl methyl sites for hydroxylation is 1. The molecule has 0 aliphatic carbocycles. The molecule has 0 amide bonds. The molecule has 0 aliphatic rings. The molecule has 0 bridgehead atoms. The average Bonchev–Trinajstić information content (AvgIpc) is 2.72. The van der Waals surface area contributed by atoms with Gasteiger partial charge in [0.2, 0.25) is 0 Å². The second-order valence-corrected chi connectivity index (χ2v) is 5.70. The number of hydrogen-bond donors (Lipinski definition) is 2. The fourth-order valence-electron chi connectivity index (χ4n) is 1.88. The number of rotatable bonds is 4. The molecule has 3 N–H and O–H groups in total. The number of H-pyrrole nitrogens is 1. The van der Waals surface area contributed by atoms with Crippen LogP contribution in [0.3, 0.4) is 0 Å². The molecule has 0 radical (unpaired) electrons. The Bertz CT molecular complexity index is 630. The molecule has 102 valence electrons. The first-order valence-electron chi connectivity index (χ1n) is 6.17. The lowest BCUT2D eigenvalue weighted by molar-refractivity contribution is 0.534. The Labute approximate surface area is 116 Å². The Kier molecular flexibility index (Phi) is 4.11. The molecule has 5 nitrogen and oxygen atoms in total. The lowest BCUT2D eigenvalue weighted by Gasteiger charge is -2.11. The van der Waals surface area contributed by atoms with Crippen molar-refractivity contribution in [1.29, 1.82) is 0 Å². The first-order valence-corrected chi connectivity index (χ1v) is 6.99. The highest BCUT2D eigenvalue weighted by molar-refractivity contribution is 7.99. The summed E-state index contributed by atoms with van der Waals surface area (Å²) < 4.78 is 1.64. The summed E-state index contributed by atoms with van der Waals surface area (Å²) in [6.07, 6.45) is 0. The minimum absolute atomic E-state index is 0.0699. The van der Waals surface area contributed by atoms with Crippen LogP contribution < -0.4 is 11.4 Å². The van der Waals surface area contributed by atoms with Gasteiger partial charge in [-0.2, -0.15) is 0 Å². The lowest BCUT2D eigenvalue weighted by atomic mass is 10.1. The van der Waals surface area contributed by atoms with E-state index in [0.29, 0.717) is 11.7 Å². The zero-order valence-corrected chi connectivity index (χ0v) is 12.1. The van der Waals surface area contributed by atoms with Crippen LogP contribution >= 0.6 is 11.8 Å². The molecule has 6 heteroatoms. The number of nitrogens with zero attached hydrogens (tertiary/aromatic N) is 2. The molecular formula is C13H18N4OS. The Morgan fingerprint density at radius 3 is 2.84 bits per heavy atom. The Hall–Kier alpha value is -1.53. The minimum atomic E-state index is -0.182. The average molecular weight is 278 g/mol. The Balaban J connectivity index is 2.39. The quantitative estimate of drug-likeness (QED) is 0.897. The van der Waals surface area contributed by atoms with E-state index in [1.807, 2.05) is 32.9 Å². The summed E-state index contributed by atoms with van der Waals surface area (Å²) >= 11 is 1.46. The number of nitrogens with one attached hydrogen (secondary N) is 1. The van der Waals surface area contributed by atoms with E-state index >= 15 is 0 Å². The second kappa shape index (κ2) is 5.63. The van der Waals surface area contributed by atoms with Gasteiger partial charge in [0.15, 0.2) is 5.16 Å². The highest BCUT2D eigenvalue weighted by Crippen LogP contribution is 2.30. The van der Waals surface area contributed by atoms with E-state index in [2.05, 4.69) is 16.3 Å². The van der Waals surface area contributed by atoms with E-state index in [-0.39, 0.29) is 11.7 Å². The van der Waals surface area contributed by atoms with E-state index in [1.54, 1.807) is 4.57 Å². The summed E-state index contributed by atoms with van der Waals surface area (Å²) in [7, 11) is 0. The molecule has 2 rings (SSSR count). The van der Waals surface area contributed by atoms with E-state index in [0.717, 1.165) is 10.5 Å². The second-order valence-electron chi connectivity index (χ2n) is 4.69. The third kappa shape index (κ3) is 2.90. The van der Waals surface area contributed by atoms with Gasteiger partial charge in [-0.15, -0.1) is 5.10 Å². The molecule has 1 aromatic heterocycles. The van der Waals surface area contributed by atoms with E-state index in [9.17, 15) is 4.79 Å². The predicted octanol–water partition coefficient (Wildman–Crippen LogP) is 2.07. The molecule has 0 fully saturated rings. The van der Waals surface area contributed by atoms with Crippen LogP contribution in [0.1, 0.15) is 31.0 Å². The van der Waals surface area contributed by atoms with Crippen molar-refractivity contribution in [3.8, 4) is 0 Å². The maximum absolute atomic E-state index is 11.7. The van der Waals surface area contributed by atoms with Crippen LogP contribution in [0.25, 0.3) is 0 Å². The standard InChI is InChI=1S/C13H18N4OS/c1-8(2)17-12(18)15-16-13(17)19-11-5-4-9(3)6-10(11)7-14/h4-6,8H,7,14H2,1-3H3,(H,15,18). The Morgan fingerprint density at radius 1 is 1.47 bits per heavy atom. The first-order chi connectivity index (χ1) is 9.02. The number of aromatic nitrogens is 3. The maximum atomic E-state index is 11.7. The van der Waals surface area contributed by atoms with Gasteiger partial charge in [0.05, 0.1) is 0 Å². The molecule has 0 atom stereocenters. The SMILES string of the molecule is Cc1ccc(Sc2n[nH]c(=O)n2C(C)C)c(CN)c1. The summed E-state index contributed by atoms with van der Waals surface area (Å²) in [5.74, 6) is 0. The zero-order valence-electron chi connectivity index (χ0n) is 11.3. The third-order valence-corrected chi connectivity index (χ3v) is 3.91. The molecule has 2 aromatic rings. The van der Waals surface area contributed by atoms with E-state index < -0.39 is 0 Å². The summed E-state index contributed by atoms with van der Waals surface area (Å²) in [4.78, 5) is 12.7. The Morgan fingerprint density at radius 2 is 2.21 bits per heavy atom. The largest absolute Gasteiger partial charge is 0.344 e. The number of aromatic amines is 1. The number of benzene rings is 1. The summed E-state index contributed by atoms with van der Waals surface area (Å²) in [5, 5.41) is 7.24. The molecule has 1 heterocycles. The van der Waals surface area contributed by atoms with Crippen LogP contribution in [-0.4, -0.2) is 14.8 Å². The van der Waals surface area contributed by atoms with Crippen LogP contribution in [0.15, 0.2) is 33.0 Å². The van der Waals surface area contributed by atoms with Crippen molar-refractivity contribution in [3.63, 3.8) is 0 Å². The van der Waals surface area contributed by atoms with Crippen LogP contribution in [0.2, 0.25) is 0 Å². The van der Waals surface area contributed by atoms with Crippen molar-refractivity contribution in [2.45, 2.75) is 43.4 Å². The summed E-state index contributed by atoms with van der Waals surface area (Å²) in [6, 6.07) is 6.19. The molecule has 1 aromatic carbocycles. The summed E-state index contributed by atoms with van der Waals surface area (Å²) in [5.41, 5.74) is 7.82. The highest BCUT2D eigenvalue weighted by atomic mass is 32.2. The van der Waals surface area contributed by atoms with E-state index in [4.69, 9.17) is 5.73 Å². The number of hydrogen-bond acceptors (Lipinski definition) is 4. The fraction of sp³-hybridized carbons (Fsp3) is 0.385. The van der Waals surface area contributed by atoms with Crippen molar-refractivity contribution in [3.05, 3.63) is 39.8 Å². The van der Waals surface area contributed by atoms with Gasteiger partial charge in [-0.05, 0) is 44.2 Å². The lowest BCUT2D eigenvalue weighted by Crippen LogP contribution is -2.19. The van der Waals surface area contributed by atoms with Crippen molar-refractivity contribution in [2.75, 3.05) is 0 Å². The van der Waals surface area contributed by atoms with Crippen LogP contribution in [0.4, 0.5) is 0 Å². The fourth-order valence-corrected chi connectivity index (χ4v) is 2.97. The minimum Gasteiger partial charge on any atom is -0.326 e. The van der Waals surface area contributed by atoms with Gasteiger partial charge in [-0.25, -0.2) is 9.89 Å². The van der Waals surface area contributed by atoms with Crippen LogP contribution in [0.5, 0.6) is 0 Å². The first kappa shape index (κ1) is 13.9. The third-order valence-electron chi connectivity index (χ3n) is 2.83. The van der Waals surface area contributed by atoms with Crippen LogP contribution in [-0.2, 0) is 6.54 Å². The predicted molar refractivity (Wildman–Crippen MR) is 76.4 cm³/mol. The van der Waals surface area contributed by atoms with Crippen molar-refractivity contribution in [1.82, 2.24) is 14.8 Å². The zero-order chi connectivity index (χ0) is 14.0. The van der Waals surface area contributed by atoms with Gasteiger partial charge in [0, 0.05) is 17.5 Å². The monoisotopic (exact) mass is 278 g/mol. The van der Waals surface area contributed by atoms with Crippen LogP contribution in [0, 0.1) is 6.92 Å². The van der Waals surface area contributed by atoms with Gasteiger partial charge in [0.25, 0.3) is 0 Å².